The minimum Gasteiger partial charge on any atom is -0.486 e. The average molecular weight is 278 g/mol. The van der Waals surface area contributed by atoms with Crippen LogP contribution in [-0.4, -0.2) is 18.5 Å². The maximum atomic E-state index is 13.8. The van der Waals surface area contributed by atoms with Crippen LogP contribution in [0.2, 0.25) is 0 Å². The highest BCUT2D eigenvalue weighted by atomic mass is 19.1. The van der Waals surface area contributed by atoms with Crippen LogP contribution in [0, 0.1) is 5.82 Å². The second-order valence-corrected chi connectivity index (χ2v) is 4.25. The number of carbonyl (C=O) groups is 1. The van der Waals surface area contributed by atoms with Crippen LogP contribution in [-0.2, 0) is 4.74 Å². The van der Waals surface area contributed by atoms with Gasteiger partial charge in [0.2, 0.25) is 0 Å². The van der Waals surface area contributed by atoms with Crippen molar-refractivity contribution in [3.05, 3.63) is 59.1 Å². The number of halogens is 1. The zero-order chi connectivity index (χ0) is 15.0. The van der Waals surface area contributed by atoms with Gasteiger partial charge in [-0.25, -0.2) is 4.39 Å². The molecule has 20 heavy (non-hydrogen) atoms. The van der Waals surface area contributed by atoms with Crippen molar-refractivity contribution in [2.24, 2.45) is 0 Å². The Bertz CT molecular complexity index is 506. The van der Waals surface area contributed by atoms with Crippen molar-refractivity contribution in [2.75, 3.05) is 7.11 Å². The zero-order valence-corrected chi connectivity index (χ0v) is 11.7. The first-order valence-electron chi connectivity index (χ1n) is 6.43. The molecule has 108 valence electrons. The molecule has 0 bridgehead atoms. The fraction of sp³-hybridized carbons (Fsp3) is 0.312. The highest BCUT2D eigenvalue weighted by Crippen LogP contribution is 2.25. The second-order valence-electron chi connectivity index (χ2n) is 4.25. The number of hydrogen-bond acceptors (Lipinski definition) is 3. The Hall–Kier alpha value is -1.94. The summed E-state index contributed by atoms with van der Waals surface area (Å²) in [5.74, 6) is 0.361. The molecule has 0 saturated carbocycles. The molecule has 1 aliphatic rings. The van der Waals surface area contributed by atoms with E-state index in [-0.39, 0.29) is 6.10 Å². The van der Waals surface area contributed by atoms with Crippen molar-refractivity contribution in [1.29, 1.82) is 0 Å². The number of aliphatic hydroxyl groups is 1. The first-order valence-corrected chi connectivity index (χ1v) is 6.43. The molecule has 0 heterocycles. The third kappa shape index (κ3) is 4.31. The van der Waals surface area contributed by atoms with E-state index in [1.54, 1.807) is 19.1 Å². The molecule has 1 aromatic carbocycles. The van der Waals surface area contributed by atoms with Gasteiger partial charge in [-0.3, -0.25) is 4.79 Å². The van der Waals surface area contributed by atoms with Crippen molar-refractivity contribution in [3.8, 4) is 0 Å². The molecule has 1 aromatic rings. The lowest BCUT2D eigenvalue weighted by Crippen LogP contribution is -2.03. The third-order valence-electron chi connectivity index (χ3n) is 2.87. The summed E-state index contributed by atoms with van der Waals surface area (Å²) >= 11 is 0. The van der Waals surface area contributed by atoms with Gasteiger partial charge in [-0.05, 0) is 38.0 Å². The Balaban J connectivity index is 0.000000956. The molecular weight excluding hydrogens is 259 g/mol. The lowest BCUT2D eigenvalue weighted by Gasteiger charge is -2.18. The Kier molecular flexibility index (Phi) is 6.67. The van der Waals surface area contributed by atoms with Crippen LogP contribution < -0.4 is 0 Å². The van der Waals surface area contributed by atoms with E-state index in [1.807, 2.05) is 18.2 Å². The summed E-state index contributed by atoms with van der Waals surface area (Å²) in [6.45, 7) is 1.79. The fourth-order valence-corrected chi connectivity index (χ4v) is 1.89. The minimum atomic E-state index is -0.410. The number of benzene rings is 1. The average Bonchev–Trinajstić information content (AvgIpc) is 2.50. The van der Waals surface area contributed by atoms with Crippen LogP contribution in [0.5, 0.6) is 0 Å². The number of carbonyl (C=O) groups excluding carboxylic acids is 1. The highest BCUT2D eigenvalue weighted by Gasteiger charge is 2.13. The van der Waals surface area contributed by atoms with Crippen molar-refractivity contribution >= 4 is 6.29 Å². The molecule has 2 rings (SSSR count). The van der Waals surface area contributed by atoms with Gasteiger partial charge in [0.25, 0.3) is 0 Å². The summed E-state index contributed by atoms with van der Waals surface area (Å²) in [6, 6.07) is 4.42. The van der Waals surface area contributed by atoms with E-state index in [4.69, 9.17) is 9.84 Å². The summed E-state index contributed by atoms with van der Waals surface area (Å²) in [5.41, 5.74) is 0.792. The van der Waals surface area contributed by atoms with Gasteiger partial charge in [-0.1, -0.05) is 18.2 Å². The second kappa shape index (κ2) is 8.27. The van der Waals surface area contributed by atoms with E-state index >= 15 is 0 Å². The quantitative estimate of drug-likeness (QED) is 0.857. The lowest BCUT2D eigenvalue weighted by atomic mass is 10.1. The number of rotatable bonds is 4. The SMILES string of the molecule is CC(OC1=CCCC=C1)c1ccc(C=O)cc1F.CO. The van der Waals surface area contributed by atoms with Gasteiger partial charge in [0, 0.05) is 18.2 Å². The maximum Gasteiger partial charge on any atom is 0.150 e. The van der Waals surface area contributed by atoms with Gasteiger partial charge in [0.15, 0.2) is 0 Å². The molecule has 0 aromatic heterocycles. The van der Waals surface area contributed by atoms with E-state index in [1.165, 1.54) is 6.07 Å². The zero-order valence-electron chi connectivity index (χ0n) is 11.7. The molecule has 0 radical (unpaired) electrons. The number of allylic oxidation sites excluding steroid dienone is 3. The van der Waals surface area contributed by atoms with Crippen LogP contribution >= 0.6 is 0 Å². The predicted octanol–water partition coefficient (Wildman–Crippen LogP) is 3.56. The third-order valence-corrected chi connectivity index (χ3v) is 2.87. The summed E-state index contributed by atoms with van der Waals surface area (Å²) in [5, 5.41) is 7.00. The van der Waals surface area contributed by atoms with Crippen molar-refractivity contribution in [3.63, 3.8) is 0 Å². The molecule has 1 aliphatic carbocycles. The van der Waals surface area contributed by atoms with Gasteiger partial charge < -0.3 is 9.84 Å². The van der Waals surface area contributed by atoms with E-state index < -0.39 is 5.82 Å². The molecule has 4 heteroatoms. The molecule has 0 fully saturated rings. The molecule has 1 atom stereocenters. The Morgan fingerprint density at radius 3 is 2.65 bits per heavy atom. The smallest absolute Gasteiger partial charge is 0.150 e. The molecule has 1 N–H and O–H groups in total. The van der Waals surface area contributed by atoms with Crippen molar-refractivity contribution < 1.29 is 19.0 Å². The summed E-state index contributed by atoms with van der Waals surface area (Å²) in [6.07, 6.45) is 8.15. The maximum absolute atomic E-state index is 13.8. The molecular formula is C16H19FO3. The molecule has 1 unspecified atom stereocenters. The van der Waals surface area contributed by atoms with Gasteiger partial charge >= 0.3 is 0 Å². The minimum absolute atomic E-state index is 0.334. The topological polar surface area (TPSA) is 46.5 Å². The fourth-order valence-electron chi connectivity index (χ4n) is 1.89. The van der Waals surface area contributed by atoms with Gasteiger partial charge in [0.1, 0.15) is 24.0 Å². The lowest BCUT2D eigenvalue weighted by molar-refractivity contribution is 0.112. The van der Waals surface area contributed by atoms with Crippen LogP contribution in [0.3, 0.4) is 0 Å². The normalized spacial score (nSPS) is 14.7. The first kappa shape index (κ1) is 16.1. The predicted molar refractivity (Wildman–Crippen MR) is 75.9 cm³/mol. The number of hydrogen-bond donors (Lipinski definition) is 1. The van der Waals surface area contributed by atoms with Crippen LogP contribution in [0.1, 0.15) is 41.8 Å². The molecule has 0 spiro atoms. The molecule has 3 nitrogen and oxygen atoms in total. The van der Waals surface area contributed by atoms with Crippen LogP contribution in [0.25, 0.3) is 0 Å². The van der Waals surface area contributed by atoms with E-state index in [2.05, 4.69) is 0 Å². The molecule has 0 aliphatic heterocycles. The molecule has 0 amide bonds. The van der Waals surface area contributed by atoms with E-state index in [0.717, 1.165) is 25.7 Å². The summed E-state index contributed by atoms with van der Waals surface area (Å²) in [7, 11) is 1.00. The Morgan fingerprint density at radius 2 is 2.10 bits per heavy atom. The number of aldehydes is 1. The van der Waals surface area contributed by atoms with Gasteiger partial charge in [0.05, 0.1) is 0 Å². The largest absolute Gasteiger partial charge is 0.486 e. The van der Waals surface area contributed by atoms with Crippen LogP contribution in [0.4, 0.5) is 4.39 Å². The van der Waals surface area contributed by atoms with E-state index in [9.17, 15) is 9.18 Å². The van der Waals surface area contributed by atoms with Gasteiger partial charge in [-0.15, -0.1) is 0 Å². The Labute approximate surface area is 118 Å². The van der Waals surface area contributed by atoms with Crippen molar-refractivity contribution in [2.45, 2.75) is 25.9 Å². The molecule has 0 saturated heterocycles. The standard InChI is InChI=1S/C15H15FO2.CH4O/c1-11(18-13-5-3-2-4-6-13)14-8-7-12(10-17)9-15(14)16;1-2/h3,5-11H,2,4H2,1H3;2H,1H3. The van der Waals surface area contributed by atoms with Gasteiger partial charge in [-0.2, -0.15) is 0 Å². The highest BCUT2D eigenvalue weighted by molar-refractivity contribution is 5.74. The van der Waals surface area contributed by atoms with Crippen molar-refractivity contribution in [1.82, 2.24) is 0 Å². The summed E-state index contributed by atoms with van der Waals surface area (Å²) < 4.78 is 19.4. The number of aliphatic hydroxyl groups excluding tert-OH is 1. The monoisotopic (exact) mass is 278 g/mol. The number of ether oxygens (including phenoxy) is 1. The Morgan fingerprint density at radius 1 is 1.35 bits per heavy atom. The summed E-state index contributed by atoms with van der Waals surface area (Å²) in [4.78, 5) is 10.5. The van der Waals surface area contributed by atoms with Crippen LogP contribution in [0.15, 0.2) is 42.2 Å². The first-order chi connectivity index (χ1) is 9.70. The van der Waals surface area contributed by atoms with E-state index in [0.29, 0.717) is 17.4 Å².